The number of piperidine rings is 1. The molecule has 0 aromatic rings. The highest BCUT2D eigenvalue weighted by atomic mass is 16.2. The third kappa shape index (κ3) is 4.68. The number of carbonyl (C=O) groups excluding carboxylic acids is 1. The maximum absolute atomic E-state index is 12.4. The Labute approximate surface area is 130 Å². The SMILES string of the molecule is CC(C)CCNC(=O)C(C)N1CCCCC1C1CCCN1. The maximum atomic E-state index is 12.4. The Kier molecular flexibility index (Phi) is 6.49. The van der Waals surface area contributed by atoms with Crippen LogP contribution in [0.3, 0.4) is 0 Å². The quantitative estimate of drug-likeness (QED) is 0.789. The molecule has 0 aromatic heterocycles. The number of rotatable bonds is 6. The molecule has 0 spiro atoms. The normalized spacial score (nSPS) is 28.8. The minimum absolute atomic E-state index is 0.00450. The second kappa shape index (κ2) is 8.14. The first-order valence-electron chi connectivity index (χ1n) is 8.86. The zero-order valence-corrected chi connectivity index (χ0v) is 14.0. The van der Waals surface area contributed by atoms with Crippen LogP contribution < -0.4 is 10.6 Å². The van der Waals surface area contributed by atoms with Crippen LogP contribution in [0.5, 0.6) is 0 Å². The molecule has 21 heavy (non-hydrogen) atoms. The van der Waals surface area contributed by atoms with E-state index in [1.54, 1.807) is 0 Å². The van der Waals surface area contributed by atoms with E-state index in [2.05, 4.69) is 36.3 Å². The smallest absolute Gasteiger partial charge is 0.237 e. The van der Waals surface area contributed by atoms with Crippen LogP contribution >= 0.6 is 0 Å². The summed E-state index contributed by atoms with van der Waals surface area (Å²) in [7, 11) is 0. The molecule has 2 aliphatic heterocycles. The Morgan fingerprint density at radius 2 is 2.05 bits per heavy atom. The maximum Gasteiger partial charge on any atom is 0.237 e. The number of carbonyl (C=O) groups is 1. The first-order chi connectivity index (χ1) is 10.1. The number of likely N-dealkylation sites (tertiary alicyclic amines) is 1. The lowest BCUT2D eigenvalue weighted by Crippen LogP contribution is -2.57. The monoisotopic (exact) mass is 295 g/mol. The summed E-state index contributed by atoms with van der Waals surface area (Å²) in [5.41, 5.74) is 0. The molecular formula is C17H33N3O. The lowest BCUT2D eigenvalue weighted by atomic mass is 9.93. The third-order valence-electron chi connectivity index (χ3n) is 5.05. The summed E-state index contributed by atoms with van der Waals surface area (Å²) in [4.78, 5) is 14.9. The summed E-state index contributed by atoms with van der Waals surface area (Å²) in [5.74, 6) is 0.853. The minimum Gasteiger partial charge on any atom is -0.355 e. The zero-order valence-electron chi connectivity index (χ0n) is 14.0. The summed E-state index contributed by atoms with van der Waals surface area (Å²) in [6.45, 7) is 9.49. The number of nitrogens with one attached hydrogen (secondary N) is 2. The van der Waals surface area contributed by atoms with Gasteiger partial charge < -0.3 is 10.6 Å². The molecule has 0 bridgehead atoms. The molecule has 0 radical (unpaired) electrons. The van der Waals surface area contributed by atoms with Crippen LogP contribution in [-0.2, 0) is 4.79 Å². The molecule has 2 fully saturated rings. The van der Waals surface area contributed by atoms with Gasteiger partial charge in [-0.15, -0.1) is 0 Å². The van der Waals surface area contributed by atoms with Crippen molar-refractivity contribution in [2.45, 2.75) is 77.4 Å². The molecule has 2 heterocycles. The van der Waals surface area contributed by atoms with Crippen molar-refractivity contribution < 1.29 is 4.79 Å². The summed E-state index contributed by atoms with van der Waals surface area (Å²) >= 11 is 0. The number of hydrogen-bond acceptors (Lipinski definition) is 3. The van der Waals surface area contributed by atoms with Gasteiger partial charge in [0.05, 0.1) is 6.04 Å². The van der Waals surface area contributed by atoms with E-state index in [-0.39, 0.29) is 11.9 Å². The summed E-state index contributed by atoms with van der Waals surface area (Å²) in [6, 6.07) is 1.15. The summed E-state index contributed by atoms with van der Waals surface area (Å²) in [5, 5.41) is 6.76. The molecular weight excluding hydrogens is 262 g/mol. The molecule has 2 saturated heterocycles. The van der Waals surface area contributed by atoms with Crippen LogP contribution in [0.4, 0.5) is 0 Å². The second-order valence-electron chi connectivity index (χ2n) is 7.15. The van der Waals surface area contributed by atoms with E-state index < -0.39 is 0 Å². The van der Waals surface area contributed by atoms with Crippen molar-refractivity contribution >= 4 is 5.91 Å². The van der Waals surface area contributed by atoms with Gasteiger partial charge in [0.1, 0.15) is 0 Å². The molecule has 3 atom stereocenters. The van der Waals surface area contributed by atoms with Crippen LogP contribution in [0.2, 0.25) is 0 Å². The van der Waals surface area contributed by atoms with Gasteiger partial charge in [0.2, 0.25) is 5.91 Å². The van der Waals surface area contributed by atoms with Gasteiger partial charge in [-0.05, 0) is 58.0 Å². The predicted octanol–water partition coefficient (Wildman–Crippen LogP) is 2.14. The predicted molar refractivity (Wildman–Crippen MR) is 87.3 cm³/mol. The molecule has 2 N–H and O–H groups in total. The number of amides is 1. The molecule has 1 amide bonds. The van der Waals surface area contributed by atoms with Gasteiger partial charge in [-0.3, -0.25) is 9.69 Å². The van der Waals surface area contributed by atoms with Gasteiger partial charge >= 0.3 is 0 Å². The van der Waals surface area contributed by atoms with Crippen molar-refractivity contribution in [2.24, 2.45) is 5.92 Å². The zero-order chi connectivity index (χ0) is 15.2. The van der Waals surface area contributed by atoms with Crippen molar-refractivity contribution in [1.82, 2.24) is 15.5 Å². The molecule has 2 aliphatic rings. The fourth-order valence-electron chi connectivity index (χ4n) is 3.71. The fourth-order valence-corrected chi connectivity index (χ4v) is 3.71. The molecule has 4 nitrogen and oxygen atoms in total. The van der Waals surface area contributed by atoms with Crippen LogP contribution in [0, 0.1) is 5.92 Å². The van der Waals surface area contributed by atoms with Crippen molar-refractivity contribution in [3.8, 4) is 0 Å². The van der Waals surface area contributed by atoms with Crippen molar-refractivity contribution in [3.63, 3.8) is 0 Å². The number of nitrogens with zero attached hydrogens (tertiary/aromatic N) is 1. The molecule has 4 heteroatoms. The van der Waals surface area contributed by atoms with E-state index in [4.69, 9.17) is 0 Å². The van der Waals surface area contributed by atoms with E-state index in [1.807, 2.05) is 0 Å². The third-order valence-corrected chi connectivity index (χ3v) is 5.05. The van der Waals surface area contributed by atoms with Crippen LogP contribution in [-0.4, -0.2) is 48.6 Å². The van der Waals surface area contributed by atoms with Gasteiger partial charge in [0, 0.05) is 18.6 Å². The molecule has 0 aromatic carbocycles. The summed E-state index contributed by atoms with van der Waals surface area (Å²) in [6.07, 6.45) is 7.38. The molecule has 3 unspecified atom stereocenters. The highest BCUT2D eigenvalue weighted by Gasteiger charge is 2.35. The molecule has 2 rings (SSSR count). The van der Waals surface area contributed by atoms with Crippen molar-refractivity contribution in [3.05, 3.63) is 0 Å². The van der Waals surface area contributed by atoms with E-state index >= 15 is 0 Å². The minimum atomic E-state index is 0.00450. The second-order valence-corrected chi connectivity index (χ2v) is 7.15. The number of hydrogen-bond donors (Lipinski definition) is 2. The Balaban J connectivity index is 1.88. The van der Waals surface area contributed by atoms with Gasteiger partial charge in [-0.1, -0.05) is 20.3 Å². The van der Waals surface area contributed by atoms with Crippen LogP contribution in [0.15, 0.2) is 0 Å². The Hall–Kier alpha value is -0.610. The van der Waals surface area contributed by atoms with E-state index in [0.717, 1.165) is 26.1 Å². The molecule has 122 valence electrons. The lowest BCUT2D eigenvalue weighted by molar-refractivity contribution is -0.127. The Morgan fingerprint density at radius 1 is 1.24 bits per heavy atom. The topological polar surface area (TPSA) is 44.4 Å². The van der Waals surface area contributed by atoms with Crippen LogP contribution in [0.1, 0.15) is 59.3 Å². The Bertz CT molecular complexity index is 326. The lowest BCUT2D eigenvalue weighted by Gasteiger charge is -2.42. The van der Waals surface area contributed by atoms with Gasteiger partial charge in [-0.25, -0.2) is 0 Å². The average molecular weight is 295 g/mol. The van der Waals surface area contributed by atoms with Gasteiger partial charge in [-0.2, -0.15) is 0 Å². The van der Waals surface area contributed by atoms with Gasteiger partial charge in [0.25, 0.3) is 0 Å². The van der Waals surface area contributed by atoms with E-state index in [1.165, 1.54) is 32.1 Å². The van der Waals surface area contributed by atoms with Crippen LogP contribution in [0.25, 0.3) is 0 Å². The van der Waals surface area contributed by atoms with Crippen molar-refractivity contribution in [2.75, 3.05) is 19.6 Å². The first-order valence-corrected chi connectivity index (χ1v) is 8.86. The first kappa shape index (κ1) is 16.8. The van der Waals surface area contributed by atoms with Gasteiger partial charge in [0.15, 0.2) is 0 Å². The largest absolute Gasteiger partial charge is 0.355 e. The molecule has 0 saturated carbocycles. The van der Waals surface area contributed by atoms with E-state index in [9.17, 15) is 4.79 Å². The van der Waals surface area contributed by atoms with E-state index in [0.29, 0.717) is 18.0 Å². The van der Waals surface area contributed by atoms with Crippen molar-refractivity contribution in [1.29, 1.82) is 0 Å². The average Bonchev–Trinajstić information content (AvgIpc) is 3.00. The molecule has 0 aliphatic carbocycles. The standard InChI is InChI=1S/C17H33N3O/c1-13(2)9-11-19-17(21)14(3)20-12-5-4-8-16(20)15-7-6-10-18-15/h13-16,18H,4-12H2,1-3H3,(H,19,21). The summed E-state index contributed by atoms with van der Waals surface area (Å²) < 4.78 is 0. The fraction of sp³-hybridized carbons (Fsp3) is 0.941. The highest BCUT2D eigenvalue weighted by molar-refractivity contribution is 5.81. The highest BCUT2D eigenvalue weighted by Crippen LogP contribution is 2.26. The Morgan fingerprint density at radius 3 is 2.71 bits per heavy atom.